The molecule has 11 aromatic rings. The van der Waals surface area contributed by atoms with Crippen LogP contribution in [0.25, 0.3) is 87.3 Å². The van der Waals surface area contributed by atoms with Crippen LogP contribution in [-0.2, 0) is 0 Å². The molecule has 1 heterocycles. The largest absolute Gasteiger partial charge is 0.455 e. The van der Waals surface area contributed by atoms with Crippen LogP contribution in [0.1, 0.15) is 5.48 Å². The fraction of sp³-hybridized carbons (Fsp3) is 0. The summed E-state index contributed by atoms with van der Waals surface area (Å²) in [6.45, 7) is 0. The number of nitrogens with zero attached hydrogens (tertiary/aromatic N) is 1. The third kappa shape index (κ3) is 4.81. The molecule has 0 saturated carbocycles. The van der Waals surface area contributed by atoms with Gasteiger partial charge in [0.2, 0.25) is 0 Å². The first-order valence-corrected chi connectivity index (χ1v) is 18.2. The number of hydrogen-bond donors (Lipinski definition) is 0. The SMILES string of the molecule is [2H]c1c([2H])c(N(c2ccc(-c3cccc4ccccc34)cc2)c2cccc3oc4c5ccccc5ccc4c23)c([2H])c([2H])c1-c1cc2ccccc2c2ccccc12. The second-order valence-corrected chi connectivity index (χ2v) is 13.7. The molecule has 0 amide bonds. The normalized spacial score (nSPS) is 12.7. The molecule has 0 aliphatic heterocycles. The first kappa shape index (κ1) is 26.6. The summed E-state index contributed by atoms with van der Waals surface area (Å²) in [4.78, 5) is 1.88. The Kier molecular flexibility index (Phi) is 6.02. The number of fused-ring (bicyclic) bond motifs is 9. The summed E-state index contributed by atoms with van der Waals surface area (Å²) in [6.07, 6.45) is 0. The van der Waals surface area contributed by atoms with Crippen molar-refractivity contribution in [1.29, 1.82) is 0 Å². The van der Waals surface area contributed by atoms with Gasteiger partial charge in [0.25, 0.3) is 0 Å². The molecule has 2 nitrogen and oxygen atoms in total. The van der Waals surface area contributed by atoms with Gasteiger partial charge < -0.3 is 9.32 Å². The molecular weight excluding hydrogens is 655 g/mol. The molecule has 0 spiro atoms. The summed E-state index contributed by atoms with van der Waals surface area (Å²) in [6, 6.07) is 58.5. The van der Waals surface area contributed by atoms with Gasteiger partial charge in [0.05, 0.1) is 16.6 Å². The van der Waals surface area contributed by atoms with E-state index in [9.17, 15) is 5.48 Å². The van der Waals surface area contributed by atoms with E-state index >= 15 is 0 Å². The summed E-state index contributed by atoms with van der Waals surface area (Å²) in [5.41, 5.74) is 6.01. The molecule has 0 unspecified atom stereocenters. The Morgan fingerprint density at radius 1 is 0.389 bits per heavy atom. The van der Waals surface area contributed by atoms with Crippen molar-refractivity contribution in [3.05, 3.63) is 200 Å². The second kappa shape index (κ2) is 12.2. The molecule has 0 saturated heterocycles. The first-order chi connectivity index (χ1) is 28.5. The van der Waals surface area contributed by atoms with E-state index in [1.807, 2.05) is 102 Å². The molecule has 0 aliphatic carbocycles. The van der Waals surface area contributed by atoms with E-state index in [1.165, 1.54) is 0 Å². The Morgan fingerprint density at radius 3 is 1.81 bits per heavy atom. The molecule has 0 radical (unpaired) electrons. The van der Waals surface area contributed by atoms with Gasteiger partial charge in [0, 0.05) is 22.1 Å². The van der Waals surface area contributed by atoms with Crippen molar-refractivity contribution in [2.75, 3.05) is 4.90 Å². The van der Waals surface area contributed by atoms with Crippen LogP contribution >= 0.6 is 0 Å². The lowest BCUT2D eigenvalue weighted by atomic mass is 9.93. The average molecular weight is 692 g/mol. The highest BCUT2D eigenvalue weighted by Crippen LogP contribution is 2.45. The molecule has 54 heavy (non-hydrogen) atoms. The molecule has 0 aliphatic rings. The monoisotopic (exact) mass is 691 g/mol. The quantitative estimate of drug-likeness (QED) is 0.167. The molecule has 0 fully saturated rings. The highest BCUT2D eigenvalue weighted by molar-refractivity contribution is 6.20. The Hall–Kier alpha value is -7.16. The van der Waals surface area contributed by atoms with Gasteiger partial charge in [0.15, 0.2) is 0 Å². The van der Waals surface area contributed by atoms with Crippen LogP contribution < -0.4 is 4.90 Å². The van der Waals surface area contributed by atoms with E-state index in [1.54, 1.807) is 0 Å². The maximum atomic E-state index is 9.78. The van der Waals surface area contributed by atoms with Crippen LogP contribution in [-0.4, -0.2) is 0 Å². The Balaban J connectivity index is 1.18. The lowest BCUT2D eigenvalue weighted by molar-refractivity contribution is 0.672. The van der Waals surface area contributed by atoms with E-state index in [-0.39, 0.29) is 35.4 Å². The highest BCUT2D eigenvalue weighted by atomic mass is 16.3. The summed E-state index contributed by atoms with van der Waals surface area (Å²) < 4.78 is 45.5. The van der Waals surface area contributed by atoms with Gasteiger partial charge in [-0.15, -0.1) is 0 Å². The standard InChI is InChI=1S/C52H33NO/c1-4-15-41-34(11-1)14-9-20-42(41)36-23-28-39(29-24-36)53(49-21-10-22-50-51(49)47-32-27-35-12-2-6-17-44(35)52(47)54-50)40-30-25-37(26-31-40)48-33-38-13-3-5-16-43(38)45-18-7-8-19-46(45)48/h1-33H/i25D,26D,30D,31D. The van der Waals surface area contributed by atoms with Crippen LogP contribution in [0.5, 0.6) is 0 Å². The van der Waals surface area contributed by atoms with Crippen molar-refractivity contribution in [3.63, 3.8) is 0 Å². The third-order valence-electron chi connectivity index (χ3n) is 10.7. The predicted molar refractivity (Wildman–Crippen MR) is 229 cm³/mol. The van der Waals surface area contributed by atoms with Gasteiger partial charge in [-0.3, -0.25) is 0 Å². The van der Waals surface area contributed by atoms with Crippen molar-refractivity contribution in [2.24, 2.45) is 0 Å². The van der Waals surface area contributed by atoms with Crippen molar-refractivity contribution in [2.45, 2.75) is 0 Å². The topological polar surface area (TPSA) is 16.4 Å². The minimum absolute atomic E-state index is 0.107. The van der Waals surface area contributed by atoms with Crippen LogP contribution in [0.3, 0.4) is 0 Å². The molecule has 10 aromatic carbocycles. The Bertz CT molecular complexity index is 3430. The zero-order valence-corrected chi connectivity index (χ0v) is 29.1. The van der Waals surface area contributed by atoms with Gasteiger partial charge in [-0.05, 0) is 108 Å². The first-order valence-electron chi connectivity index (χ1n) is 20.2. The lowest BCUT2D eigenvalue weighted by Crippen LogP contribution is -2.10. The lowest BCUT2D eigenvalue weighted by Gasteiger charge is -2.27. The fourth-order valence-corrected chi connectivity index (χ4v) is 8.19. The minimum Gasteiger partial charge on any atom is -0.455 e. The maximum absolute atomic E-state index is 9.78. The minimum atomic E-state index is -0.137. The van der Waals surface area contributed by atoms with Gasteiger partial charge in [-0.1, -0.05) is 152 Å². The van der Waals surface area contributed by atoms with E-state index in [2.05, 4.69) is 78.9 Å². The number of rotatable bonds is 5. The summed E-state index contributed by atoms with van der Waals surface area (Å²) in [7, 11) is 0. The summed E-state index contributed by atoms with van der Waals surface area (Å²) in [5, 5.41) is 9.98. The molecule has 11 rings (SSSR count). The van der Waals surface area contributed by atoms with Crippen LogP contribution in [0.2, 0.25) is 0 Å². The van der Waals surface area contributed by atoms with E-state index in [0.717, 1.165) is 70.6 Å². The number of anilines is 3. The summed E-state index contributed by atoms with van der Waals surface area (Å²) >= 11 is 0. The molecular formula is C52H33NO. The number of benzene rings is 10. The molecule has 1 aromatic heterocycles. The van der Waals surface area contributed by atoms with Gasteiger partial charge >= 0.3 is 0 Å². The van der Waals surface area contributed by atoms with E-state index in [4.69, 9.17) is 4.42 Å². The number of hydrogen-bond acceptors (Lipinski definition) is 2. The highest BCUT2D eigenvalue weighted by Gasteiger charge is 2.21. The molecule has 0 bridgehead atoms. The van der Waals surface area contributed by atoms with Crippen molar-refractivity contribution in [3.8, 4) is 22.3 Å². The van der Waals surface area contributed by atoms with Gasteiger partial charge in [-0.2, -0.15) is 0 Å². The molecule has 0 N–H and O–H groups in total. The van der Waals surface area contributed by atoms with Crippen molar-refractivity contribution in [1.82, 2.24) is 0 Å². The third-order valence-corrected chi connectivity index (χ3v) is 10.7. The van der Waals surface area contributed by atoms with Crippen LogP contribution in [0, 0.1) is 0 Å². The fourth-order valence-electron chi connectivity index (χ4n) is 8.19. The predicted octanol–water partition coefficient (Wildman–Crippen LogP) is 15.0. The van der Waals surface area contributed by atoms with Crippen molar-refractivity contribution < 1.29 is 9.90 Å². The Labute approximate surface area is 318 Å². The van der Waals surface area contributed by atoms with E-state index in [0.29, 0.717) is 22.5 Å². The van der Waals surface area contributed by atoms with Crippen molar-refractivity contribution >= 4 is 82.1 Å². The number of furan rings is 1. The second-order valence-electron chi connectivity index (χ2n) is 13.7. The summed E-state index contributed by atoms with van der Waals surface area (Å²) in [5.74, 6) is 0. The van der Waals surface area contributed by atoms with Gasteiger partial charge in [0.1, 0.15) is 11.2 Å². The van der Waals surface area contributed by atoms with Crippen LogP contribution in [0.15, 0.2) is 205 Å². The van der Waals surface area contributed by atoms with Crippen LogP contribution in [0.4, 0.5) is 17.1 Å². The Morgan fingerprint density at radius 2 is 1.02 bits per heavy atom. The van der Waals surface area contributed by atoms with E-state index < -0.39 is 0 Å². The molecule has 252 valence electrons. The molecule has 0 atom stereocenters. The van der Waals surface area contributed by atoms with Gasteiger partial charge in [-0.25, -0.2) is 0 Å². The zero-order chi connectivity index (χ0) is 39.1. The molecule has 2 heteroatoms. The maximum Gasteiger partial charge on any atom is 0.143 e. The smallest absolute Gasteiger partial charge is 0.143 e. The zero-order valence-electron chi connectivity index (χ0n) is 33.1. The average Bonchev–Trinajstić information content (AvgIpc) is 3.67.